The standard InChI is InChI=1S/C24H34N2O5/c1-29-21-4-2-3-19(15-21)16-22(27)25-8-6-24(7-9-25)18-20(5-12-31-24)17-23(28)26-10-13-30-14-11-26/h2-4,15,20H,5-14,16-18H2,1H3. The Balaban J connectivity index is 1.27. The zero-order valence-electron chi connectivity index (χ0n) is 18.5. The summed E-state index contributed by atoms with van der Waals surface area (Å²) in [6.07, 6.45) is 4.54. The van der Waals surface area contributed by atoms with Crippen molar-refractivity contribution < 1.29 is 23.8 Å². The fourth-order valence-electron chi connectivity index (χ4n) is 5.07. The second-order valence-electron chi connectivity index (χ2n) is 9.00. The maximum absolute atomic E-state index is 12.8. The number of hydrogen-bond donors (Lipinski definition) is 0. The fraction of sp³-hybridized carbons (Fsp3) is 0.667. The van der Waals surface area contributed by atoms with Gasteiger partial charge in [-0.2, -0.15) is 0 Å². The molecule has 0 bridgehead atoms. The first-order valence-electron chi connectivity index (χ1n) is 11.5. The average Bonchev–Trinajstić information content (AvgIpc) is 2.80. The van der Waals surface area contributed by atoms with Gasteiger partial charge in [-0.3, -0.25) is 9.59 Å². The molecule has 31 heavy (non-hydrogen) atoms. The van der Waals surface area contributed by atoms with Gasteiger partial charge in [0.25, 0.3) is 0 Å². The van der Waals surface area contributed by atoms with Crippen LogP contribution in [0.25, 0.3) is 0 Å². The molecule has 0 aliphatic carbocycles. The molecule has 0 radical (unpaired) electrons. The topological polar surface area (TPSA) is 68.3 Å². The zero-order valence-corrected chi connectivity index (χ0v) is 18.5. The molecule has 0 saturated carbocycles. The van der Waals surface area contributed by atoms with Crippen LogP contribution in [0.1, 0.15) is 37.7 Å². The molecular formula is C24H34N2O5. The molecule has 1 unspecified atom stereocenters. The summed E-state index contributed by atoms with van der Waals surface area (Å²) in [4.78, 5) is 29.4. The predicted octanol–water partition coefficient (Wildman–Crippen LogP) is 2.27. The van der Waals surface area contributed by atoms with Crippen molar-refractivity contribution in [2.24, 2.45) is 5.92 Å². The third kappa shape index (κ3) is 5.57. The molecule has 3 saturated heterocycles. The Morgan fingerprint density at radius 2 is 1.81 bits per heavy atom. The Bertz CT molecular complexity index is 769. The molecular weight excluding hydrogens is 396 g/mol. The highest BCUT2D eigenvalue weighted by Gasteiger charge is 2.41. The van der Waals surface area contributed by atoms with Gasteiger partial charge in [-0.05, 0) is 49.3 Å². The van der Waals surface area contributed by atoms with E-state index in [1.807, 2.05) is 34.1 Å². The Morgan fingerprint density at radius 1 is 1.06 bits per heavy atom. The van der Waals surface area contributed by atoms with Crippen LogP contribution in [0, 0.1) is 5.92 Å². The Labute approximate surface area is 184 Å². The summed E-state index contributed by atoms with van der Waals surface area (Å²) >= 11 is 0. The molecule has 2 amide bonds. The monoisotopic (exact) mass is 430 g/mol. The number of carbonyl (C=O) groups is 2. The average molecular weight is 431 g/mol. The molecule has 1 aromatic rings. The first-order valence-corrected chi connectivity index (χ1v) is 11.5. The van der Waals surface area contributed by atoms with Crippen LogP contribution in [0.15, 0.2) is 24.3 Å². The van der Waals surface area contributed by atoms with Crippen LogP contribution >= 0.6 is 0 Å². The number of piperidine rings is 1. The van der Waals surface area contributed by atoms with Crippen LogP contribution < -0.4 is 4.74 Å². The summed E-state index contributed by atoms with van der Waals surface area (Å²) in [5, 5.41) is 0. The van der Waals surface area contributed by atoms with Crippen molar-refractivity contribution in [2.45, 2.75) is 44.1 Å². The number of ether oxygens (including phenoxy) is 3. The lowest BCUT2D eigenvalue weighted by Crippen LogP contribution is -2.51. The molecule has 7 nitrogen and oxygen atoms in total. The van der Waals surface area contributed by atoms with E-state index in [1.54, 1.807) is 7.11 Å². The molecule has 1 spiro atoms. The molecule has 3 aliphatic heterocycles. The van der Waals surface area contributed by atoms with Crippen LogP contribution in [-0.2, 0) is 25.5 Å². The van der Waals surface area contributed by atoms with Gasteiger partial charge in [0.05, 0.1) is 32.3 Å². The number of amides is 2. The minimum Gasteiger partial charge on any atom is -0.497 e. The summed E-state index contributed by atoms with van der Waals surface area (Å²) in [6, 6.07) is 7.69. The second kappa shape index (κ2) is 10.0. The molecule has 1 aromatic carbocycles. The third-order valence-electron chi connectivity index (χ3n) is 6.94. The van der Waals surface area contributed by atoms with E-state index in [1.165, 1.54) is 0 Å². The van der Waals surface area contributed by atoms with Crippen molar-refractivity contribution in [3.05, 3.63) is 29.8 Å². The van der Waals surface area contributed by atoms with Crippen LogP contribution in [-0.4, -0.2) is 80.3 Å². The first kappa shape index (κ1) is 22.1. The van der Waals surface area contributed by atoms with Crippen molar-refractivity contribution in [1.82, 2.24) is 9.80 Å². The van der Waals surface area contributed by atoms with Gasteiger partial charge in [0.15, 0.2) is 0 Å². The van der Waals surface area contributed by atoms with Crippen LogP contribution in [0.2, 0.25) is 0 Å². The molecule has 1 atom stereocenters. The molecule has 3 aliphatic rings. The molecule has 4 rings (SSSR count). The number of morpholine rings is 1. The maximum atomic E-state index is 12.8. The number of benzene rings is 1. The minimum atomic E-state index is -0.180. The van der Waals surface area contributed by atoms with Gasteiger partial charge in [0.1, 0.15) is 5.75 Å². The van der Waals surface area contributed by atoms with Gasteiger partial charge >= 0.3 is 0 Å². The lowest BCUT2D eigenvalue weighted by molar-refractivity contribution is -0.150. The summed E-state index contributed by atoms with van der Waals surface area (Å²) in [5.74, 6) is 1.54. The fourth-order valence-corrected chi connectivity index (χ4v) is 5.07. The van der Waals surface area contributed by atoms with E-state index in [-0.39, 0.29) is 17.4 Å². The van der Waals surface area contributed by atoms with E-state index in [0.29, 0.717) is 64.8 Å². The Morgan fingerprint density at radius 3 is 2.55 bits per heavy atom. The number of hydrogen-bond acceptors (Lipinski definition) is 5. The SMILES string of the molecule is COc1cccc(CC(=O)N2CCC3(CC2)CC(CC(=O)N2CCOCC2)CCO3)c1. The van der Waals surface area contributed by atoms with Crippen LogP contribution in [0.5, 0.6) is 5.75 Å². The van der Waals surface area contributed by atoms with Gasteiger partial charge in [-0.1, -0.05) is 12.1 Å². The van der Waals surface area contributed by atoms with E-state index in [2.05, 4.69) is 0 Å². The molecule has 3 heterocycles. The molecule has 0 aromatic heterocycles. The van der Waals surface area contributed by atoms with Gasteiger partial charge in [0, 0.05) is 39.2 Å². The minimum absolute atomic E-state index is 0.151. The number of methoxy groups -OCH3 is 1. The van der Waals surface area contributed by atoms with Crippen molar-refractivity contribution in [1.29, 1.82) is 0 Å². The zero-order chi connectivity index (χ0) is 21.7. The molecule has 170 valence electrons. The Hall–Kier alpha value is -2.12. The predicted molar refractivity (Wildman–Crippen MR) is 116 cm³/mol. The van der Waals surface area contributed by atoms with Gasteiger partial charge in [-0.15, -0.1) is 0 Å². The largest absolute Gasteiger partial charge is 0.497 e. The quantitative estimate of drug-likeness (QED) is 0.717. The number of rotatable bonds is 5. The lowest BCUT2D eigenvalue weighted by atomic mass is 9.78. The van der Waals surface area contributed by atoms with E-state index in [0.717, 1.165) is 37.0 Å². The van der Waals surface area contributed by atoms with E-state index < -0.39 is 0 Å². The van der Waals surface area contributed by atoms with Gasteiger partial charge in [-0.25, -0.2) is 0 Å². The highest BCUT2D eigenvalue weighted by molar-refractivity contribution is 5.79. The van der Waals surface area contributed by atoms with Crippen LogP contribution in [0.3, 0.4) is 0 Å². The molecule has 3 fully saturated rings. The molecule has 0 N–H and O–H groups in total. The smallest absolute Gasteiger partial charge is 0.226 e. The summed E-state index contributed by atoms with van der Waals surface area (Å²) in [5.41, 5.74) is 0.793. The van der Waals surface area contributed by atoms with Crippen molar-refractivity contribution >= 4 is 11.8 Å². The van der Waals surface area contributed by atoms with Gasteiger partial charge < -0.3 is 24.0 Å². The lowest BCUT2D eigenvalue weighted by Gasteiger charge is -2.46. The van der Waals surface area contributed by atoms with Crippen molar-refractivity contribution in [2.75, 3.05) is 53.1 Å². The Kier molecular flexibility index (Phi) is 7.13. The van der Waals surface area contributed by atoms with Crippen molar-refractivity contribution in [3.8, 4) is 5.75 Å². The maximum Gasteiger partial charge on any atom is 0.226 e. The first-order chi connectivity index (χ1) is 15.1. The number of carbonyl (C=O) groups excluding carboxylic acids is 2. The van der Waals surface area contributed by atoms with Gasteiger partial charge in [0.2, 0.25) is 11.8 Å². The van der Waals surface area contributed by atoms with Crippen molar-refractivity contribution in [3.63, 3.8) is 0 Å². The summed E-state index contributed by atoms with van der Waals surface area (Å²) in [7, 11) is 1.64. The highest BCUT2D eigenvalue weighted by atomic mass is 16.5. The second-order valence-corrected chi connectivity index (χ2v) is 9.00. The van der Waals surface area contributed by atoms with E-state index in [4.69, 9.17) is 14.2 Å². The van der Waals surface area contributed by atoms with E-state index in [9.17, 15) is 9.59 Å². The molecule has 7 heteroatoms. The summed E-state index contributed by atoms with van der Waals surface area (Å²) in [6.45, 7) is 4.83. The number of likely N-dealkylation sites (tertiary alicyclic amines) is 1. The number of nitrogens with zero attached hydrogens (tertiary/aromatic N) is 2. The highest BCUT2D eigenvalue weighted by Crippen LogP contribution is 2.39. The summed E-state index contributed by atoms with van der Waals surface area (Å²) < 4.78 is 16.9. The third-order valence-corrected chi connectivity index (χ3v) is 6.94. The normalized spacial score (nSPS) is 23.6. The van der Waals surface area contributed by atoms with E-state index >= 15 is 0 Å². The van der Waals surface area contributed by atoms with Crippen LogP contribution in [0.4, 0.5) is 0 Å².